The summed E-state index contributed by atoms with van der Waals surface area (Å²) in [5.74, 6) is 0.851. The number of aromatic nitrogens is 2. The molecule has 1 heterocycles. The molecule has 4 rings (SSSR count). The van der Waals surface area contributed by atoms with E-state index in [1.807, 2.05) is 12.1 Å². The largest absolute Gasteiger partial charge is 0.497 e. The molecular weight excluding hydrogens is 328 g/mol. The second-order valence-corrected chi connectivity index (χ2v) is 6.43. The summed E-state index contributed by atoms with van der Waals surface area (Å²) >= 11 is 1.26. The van der Waals surface area contributed by atoms with Crippen molar-refractivity contribution in [3.05, 3.63) is 66.2 Å². The molecule has 0 fully saturated rings. The number of hydrogen-bond acceptors (Lipinski definition) is 4. The van der Waals surface area contributed by atoms with Gasteiger partial charge in [-0.2, -0.15) is 8.75 Å². The molecule has 0 aliphatic rings. The summed E-state index contributed by atoms with van der Waals surface area (Å²) in [4.78, 5) is 0. The zero-order chi connectivity index (χ0) is 17.2. The highest BCUT2D eigenvalue weighted by Crippen LogP contribution is 2.35. The number of ether oxygens (including phenoxy) is 1. The smallest absolute Gasteiger partial charge is 0.118 e. The van der Waals surface area contributed by atoms with Crippen LogP contribution in [0.15, 0.2) is 60.7 Å². The van der Waals surface area contributed by atoms with E-state index in [1.165, 1.54) is 22.9 Å². The highest BCUT2D eigenvalue weighted by atomic mass is 32.1. The van der Waals surface area contributed by atoms with E-state index in [0.717, 1.165) is 39.9 Å². The first kappa shape index (κ1) is 15.8. The molecule has 25 heavy (non-hydrogen) atoms. The Morgan fingerprint density at radius 2 is 1.28 bits per heavy atom. The molecule has 0 unspecified atom stereocenters. The Balaban J connectivity index is 1.82. The van der Waals surface area contributed by atoms with Crippen molar-refractivity contribution in [1.29, 1.82) is 0 Å². The van der Waals surface area contributed by atoms with Crippen LogP contribution >= 0.6 is 11.7 Å². The summed E-state index contributed by atoms with van der Waals surface area (Å²) < 4.78 is 14.4. The Morgan fingerprint density at radius 1 is 0.760 bits per heavy atom. The second kappa shape index (κ2) is 6.65. The van der Waals surface area contributed by atoms with Crippen LogP contribution in [0.2, 0.25) is 0 Å². The molecule has 0 aliphatic carbocycles. The summed E-state index contributed by atoms with van der Waals surface area (Å²) in [6.07, 6.45) is 1.05. The van der Waals surface area contributed by atoms with E-state index >= 15 is 0 Å². The third-order valence-electron chi connectivity index (χ3n) is 4.49. The van der Waals surface area contributed by atoms with E-state index in [-0.39, 0.29) is 0 Å². The van der Waals surface area contributed by atoms with E-state index < -0.39 is 0 Å². The minimum atomic E-state index is 0.851. The first-order valence-electron chi connectivity index (χ1n) is 8.29. The molecule has 1 aromatic heterocycles. The summed E-state index contributed by atoms with van der Waals surface area (Å²) in [6.45, 7) is 2.17. The van der Waals surface area contributed by atoms with Crippen LogP contribution in [0.3, 0.4) is 0 Å². The quantitative estimate of drug-likeness (QED) is 0.483. The molecule has 0 saturated carbocycles. The Bertz CT molecular complexity index is 923. The van der Waals surface area contributed by atoms with Gasteiger partial charge in [0.2, 0.25) is 0 Å². The van der Waals surface area contributed by atoms with Crippen LogP contribution in [-0.2, 0) is 6.42 Å². The fourth-order valence-corrected chi connectivity index (χ4v) is 3.60. The van der Waals surface area contributed by atoms with Crippen molar-refractivity contribution in [3.8, 4) is 28.0 Å². The molecule has 124 valence electrons. The van der Waals surface area contributed by atoms with Gasteiger partial charge in [-0.05, 0) is 35.2 Å². The summed E-state index contributed by atoms with van der Waals surface area (Å²) in [5.41, 5.74) is 7.77. The standard InChI is InChI=1S/C21H18N2OS/c1-3-14-4-6-15(7-5-14)18-12-13-19(21-20(18)22-25-23-21)16-8-10-17(24-2)11-9-16/h4-13H,3H2,1-2H3. The predicted molar refractivity (Wildman–Crippen MR) is 104 cm³/mol. The summed E-state index contributed by atoms with van der Waals surface area (Å²) in [5, 5.41) is 0. The van der Waals surface area contributed by atoms with Crippen LogP contribution in [0, 0.1) is 0 Å². The zero-order valence-corrected chi connectivity index (χ0v) is 15.0. The van der Waals surface area contributed by atoms with Crippen LogP contribution in [0.25, 0.3) is 33.3 Å². The van der Waals surface area contributed by atoms with E-state index in [1.54, 1.807) is 7.11 Å². The van der Waals surface area contributed by atoms with Gasteiger partial charge in [-0.15, -0.1) is 0 Å². The fraction of sp³-hybridized carbons (Fsp3) is 0.143. The molecule has 4 heteroatoms. The van der Waals surface area contributed by atoms with Gasteiger partial charge in [-0.3, -0.25) is 0 Å². The van der Waals surface area contributed by atoms with Crippen LogP contribution in [-0.4, -0.2) is 15.9 Å². The number of hydrogen-bond donors (Lipinski definition) is 0. The first-order chi connectivity index (χ1) is 12.3. The lowest BCUT2D eigenvalue weighted by atomic mass is 9.97. The van der Waals surface area contributed by atoms with Crippen molar-refractivity contribution < 1.29 is 4.74 Å². The minimum Gasteiger partial charge on any atom is -0.497 e. The molecule has 0 aliphatic heterocycles. The lowest BCUT2D eigenvalue weighted by Crippen LogP contribution is -1.87. The molecule has 0 bridgehead atoms. The molecule has 3 aromatic carbocycles. The number of benzene rings is 3. The molecule has 0 spiro atoms. The second-order valence-electron chi connectivity index (χ2n) is 5.90. The van der Waals surface area contributed by atoms with Gasteiger partial charge in [-0.25, -0.2) is 0 Å². The maximum Gasteiger partial charge on any atom is 0.118 e. The molecule has 0 atom stereocenters. The zero-order valence-electron chi connectivity index (χ0n) is 14.2. The van der Waals surface area contributed by atoms with Crippen molar-refractivity contribution in [2.45, 2.75) is 13.3 Å². The van der Waals surface area contributed by atoms with Gasteiger partial charge in [0.25, 0.3) is 0 Å². The third-order valence-corrected chi connectivity index (χ3v) is 5.02. The van der Waals surface area contributed by atoms with Crippen LogP contribution in [0.1, 0.15) is 12.5 Å². The maximum absolute atomic E-state index is 5.25. The maximum atomic E-state index is 5.25. The molecule has 0 amide bonds. The van der Waals surface area contributed by atoms with Crippen LogP contribution in [0.4, 0.5) is 0 Å². The molecule has 0 radical (unpaired) electrons. The van der Waals surface area contributed by atoms with E-state index in [4.69, 9.17) is 4.74 Å². The Hall–Kier alpha value is -2.72. The van der Waals surface area contributed by atoms with Gasteiger partial charge in [0.15, 0.2) is 0 Å². The Morgan fingerprint density at radius 3 is 1.76 bits per heavy atom. The molecule has 4 aromatic rings. The molecule has 0 saturated heterocycles. The topological polar surface area (TPSA) is 35.0 Å². The average Bonchev–Trinajstić information content (AvgIpc) is 3.17. The van der Waals surface area contributed by atoms with Gasteiger partial charge in [0, 0.05) is 11.1 Å². The van der Waals surface area contributed by atoms with Crippen molar-refractivity contribution in [2.24, 2.45) is 0 Å². The summed E-state index contributed by atoms with van der Waals surface area (Å²) in [7, 11) is 1.68. The number of methoxy groups -OCH3 is 1. The lowest BCUT2D eigenvalue weighted by Gasteiger charge is -2.08. The highest BCUT2D eigenvalue weighted by molar-refractivity contribution is 7.00. The van der Waals surface area contributed by atoms with Gasteiger partial charge in [0.05, 0.1) is 18.8 Å². The van der Waals surface area contributed by atoms with E-state index in [0.29, 0.717) is 0 Å². The van der Waals surface area contributed by atoms with Gasteiger partial charge < -0.3 is 4.74 Å². The summed E-state index contributed by atoms with van der Waals surface area (Å²) in [6, 6.07) is 21.0. The lowest BCUT2D eigenvalue weighted by molar-refractivity contribution is 0.415. The van der Waals surface area contributed by atoms with Crippen LogP contribution < -0.4 is 4.74 Å². The average molecular weight is 346 g/mol. The highest BCUT2D eigenvalue weighted by Gasteiger charge is 2.13. The van der Waals surface area contributed by atoms with E-state index in [2.05, 4.69) is 64.2 Å². The first-order valence-corrected chi connectivity index (χ1v) is 9.02. The van der Waals surface area contributed by atoms with Gasteiger partial charge in [0.1, 0.15) is 16.8 Å². The van der Waals surface area contributed by atoms with Gasteiger partial charge >= 0.3 is 0 Å². The number of aryl methyl sites for hydroxylation is 1. The van der Waals surface area contributed by atoms with Crippen molar-refractivity contribution in [3.63, 3.8) is 0 Å². The number of rotatable bonds is 4. The minimum absolute atomic E-state index is 0.851. The van der Waals surface area contributed by atoms with Crippen molar-refractivity contribution in [2.75, 3.05) is 7.11 Å². The monoisotopic (exact) mass is 346 g/mol. The predicted octanol–water partition coefficient (Wildman–Crippen LogP) is 5.60. The SMILES string of the molecule is CCc1ccc(-c2ccc(-c3ccc(OC)cc3)c3nsnc23)cc1. The molecule has 3 nitrogen and oxygen atoms in total. The fourth-order valence-electron chi connectivity index (χ4n) is 3.02. The molecule has 0 N–H and O–H groups in total. The van der Waals surface area contributed by atoms with Crippen LogP contribution in [0.5, 0.6) is 5.75 Å². The Kier molecular flexibility index (Phi) is 4.20. The Labute approximate surface area is 151 Å². The van der Waals surface area contributed by atoms with E-state index in [9.17, 15) is 0 Å². The van der Waals surface area contributed by atoms with Crippen molar-refractivity contribution in [1.82, 2.24) is 8.75 Å². The normalized spacial score (nSPS) is 11.0. The number of fused-ring (bicyclic) bond motifs is 1. The van der Waals surface area contributed by atoms with Gasteiger partial charge in [-0.1, -0.05) is 55.5 Å². The number of nitrogens with zero attached hydrogens (tertiary/aromatic N) is 2. The van der Waals surface area contributed by atoms with Crippen molar-refractivity contribution >= 4 is 22.8 Å². The third kappa shape index (κ3) is 2.89. The molecular formula is C21H18N2OS.